The zero-order chi connectivity index (χ0) is 22.9. The quantitative estimate of drug-likeness (QED) is 0.535. The summed E-state index contributed by atoms with van der Waals surface area (Å²) in [5.41, 5.74) is -0.790. The molecule has 0 aliphatic heterocycles. The van der Waals surface area contributed by atoms with Gasteiger partial charge in [-0.05, 0) is 55.7 Å². The van der Waals surface area contributed by atoms with Gasteiger partial charge >= 0.3 is 0 Å². The molecule has 4 aliphatic rings. The van der Waals surface area contributed by atoms with Gasteiger partial charge in [-0.2, -0.15) is 0 Å². The van der Waals surface area contributed by atoms with Crippen molar-refractivity contribution in [2.24, 2.45) is 23.7 Å². The highest BCUT2D eigenvalue weighted by atomic mass is 16.3. The average molecular weight is 436 g/mol. The fourth-order valence-electron chi connectivity index (χ4n) is 6.35. The number of fused-ring (bicyclic) bond motifs is 3. The van der Waals surface area contributed by atoms with Gasteiger partial charge in [0.1, 0.15) is 17.5 Å². The van der Waals surface area contributed by atoms with E-state index in [0.29, 0.717) is 12.0 Å². The van der Waals surface area contributed by atoms with E-state index in [9.17, 15) is 34.2 Å². The molecule has 0 radical (unpaired) electrons. The second kappa shape index (κ2) is 7.04. The van der Waals surface area contributed by atoms with Crippen LogP contribution in [-0.4, -0.2) is 44.7 Å². The highest BCUT2D eigenvalue weighted by Crippen LogP contribution is 2.51. The van der Waals surface area contributed by atoms with Crippen LogP contribution in [0.5, 0.6) is 5.75 Å². The van der Waals surface area contributed by atoms with E-state index < -0.39 is 58.2 Å². The van der Waals surface area contributed by atoms with Crippen molar-refractivity contribution < 1.29 is 34.2 Å². The molecule has 0 heterocycles. The summed E-state index contributed by atoms with van der Waals surface area (Å²) in [6.07, 6.45) is 6.22. The van der Waals surface area contributed by atoms with Crippen LogP contribution in [0.3, 0.4) is 0 Å². The third-order valence-corrected chi connectivity index (χ3v) is 7.86. The number of rotatable bonds is 2. The number of carbonyl (C=O) groups excluding carboxylic acids is 5. The van der Waals surface area contributed by atoms with Crippen LogP contribution >= 0.6 is 0 Å². The molecule has 0 amide bonds. The highest BCUT2D eigenvalue weighted by Gasteiger charge is 2.65. The number of benzene rings is 1. The highest BCUT2D eigenvalue weighted by molar-refractivity contribution is 6.31. The predicted molar refractivity (Wildman–Crippen MR) is 111 cm³/mol. The number of aliphatic hydroxyl groups is 1. The van der Waals surface area contributed by atoms with E-state index in [-0.39, 0.29) is 30.1 Å². The van der Waals surface area contributed by atoms with Crippen molar-refractivity contribution in [3.05, 3.63) is 41.0 Å². The molecule has 5 rings (SSSR count). The minimum absolute atomic E-state index is 0.0851. The molecular formula is C25H24O7. The molecule has 0 aromatic heterocycles. The lowest BCUT2D eigenvalue weighted by molar-refractivity contribution is -0.175. The van der Waals surface area contributed by atoms with Crippen LogP contribution in [0.2, 0.25) is 0 Å². The van der Waals surface area contributed by atoms with Gasteiger partial charge in [0, 0.05) is 18.3 Å². The topological polar surface area (TPSA) is 126 Å². The molecule has 6 unspecified atom stereocenters. The molecule has 7 heteroatoms. The van der Waals surface area contributed by atoms with E-state index in [1.54, 1.807) is 0 Å². The predicted octanol–water partition coefficient (Wildman–Crippen LogP) is 1.86. The van der Waals surface area contributed by atoms with Crippen LogP contribution in [0.4, 0.5) is 0 Å². The summed E-state index contributed by atoms with van der Waals surface area (Å²) in [6, 6.07) is 3.27. The maximum atomic E-state index is 13.5. The van der Waals surface area contributed by atoms with Gasteiger partial charge in [0.05, 0.1) is 11.5 Å². The van der Waals surface area contributed by atoms with E-state index in [0.717, 1.165) is 25.3 Å². The van der Waals surface area contributed by atoms with Crippen LogP contribution in [0, 0.1) is 23.7 Å². The number of Topliss-reactive ketones (excluding diaryl/α,β-unsaturated/α-hetero) is 5. The third kappa shape index (κ3) is 2.67. The molecule has 32 heavy (non-hydrogen) atoms. The minimum atomic E-state index is -2.53. The monoisotopic (exact) mass is 436 g/mol. The van der Waals surface area contributed by atoms with Crippen LogP contribution in [0.15, 0.2) is 24.3 Å². The van der Waals surface area contributed by atoms with E-state index in [4.69, 9.17) is 0 Å². The third-order valence-electron chi connectivity index (χ3n) is 7.86. The first kappa shape index (κ1) is 20.9. The molecule has 2 N–H and O–H groups in total. The number of phenolic OH excluding ortho intramolecular Hbond substituents is 1. The summed E-state index contributed by atoms with van der Waals surface area (Å²) in [5, 5.41) is 21.7. The van der Waals surface area contributed by atoms with Gasteiger partial charge in [-0.1, -0.05) is 18.2 Å². The summed E-state index contributed by atoms with van der Waals surface area (Å²) in [7, 11) is 0. The van der Waals surface area contributed by atoms with E-state index in [2.05, 4.69) is 12.2 Å². The smallest absolute Gasteiger partial charge is 0.190 e. The molecule has 0 bridgehead atoms. The summed E-state index contributed by atoms with van der Waals surface area (Å²) in [4.78, 5) is 64.3. The molecule has 2 fully saturated rings. The number of carbonyl (C=O) groups is 5. The standard InChI is InChI=1S/C25H24O7/c1-11(26)19-18(28)10-14-8-13-9-16-15(12-4-2-3-5-12)6-7-17(27)21(16)22(29)20(13)24(31)25(14,32)23(19)30/h2,4,6-7,12-14,19-20,27,32H,3,5,8-10H2,1H3. The number of phenols is 1. The molecule has 7 nitrogen and oxygen atoms in total. The van der Waals surface area contributed by atoms with Gasteiger partial charge in [-0.15, -0.1) is 0 Å². The molecular weight excluding hydrogens is 412 g/mol. The van der Waals surface area contributed by atoms with Gasteiger partial charge in [0.25, 0.3) is 0 Å². The Bertz CT molecular complexity index is 1130. The lowest BCUT2D eigenvalue weighted by Crippen LogP contribution is -2.67. The largest absolute Gasteiger partial charge is 0.507 e. The Labute approximate surface area is 184 Å². The Morgan fingerprint density at radius 1 is 1.09 bits per heavy atom. The number of ketones is 5. The molecule has 1 aromatic rings. The van der Waals surface area contributed by atoms with Crippen molar-refractivity contribution in [1.29, 1.82) is 0 Å². The first-order valence-corrected chi connectivity index (χ1v) is 11.1. The van der Waals surface area contributed by atoms with Crippen LogP contribution in [0.25, 0.3) is 0 Å². The maximum absolute atomic E-state index is 13.5. The maximum Gasteiger partial charge on any atom is 0.190 e. The molecule has 166 valence electrons. The Balaban J connectivity index is 1.60. The molecule has 0 spiro atoms. The van der Waals surface area contributed by atoms with Crippen LogP contribution in [0.1, 0.15) is 60.0 Å². The first-order valence-electron chi connectivity index (χ1n) is 11.1. The normalized spacial score (nSPS) is 36.0. The number of aromatic hydroxyl groups is 1. The van der Waals surface area contributed by atoms with Crippen molar-refractivity contribution in [3.8, 4) is 5.75 Å². The number of hydrogen-bond donors (Lipinski definition) is 2. The second-order valence-corrected chi connectivity index (χ2v) is 9.59. The Hall–Kier alpha value is -2.93. The summed E-state index contributed by atoms with van der Waals surface area (Å²) in [6.45, 7) is 1.08. The van der Waals surface area contributed by atoms with Crippen molar-refractivity contribution in [2.45, 2.75) is 50.5 Å². The van der Waals surface area contributed by atoms with Gasteiger partial charge in [0.15, 0.2) is 28.7 Å². The lowest BCUT2D eigenvalue weighted by atomic mass is 9.53. The van der Waals surface area contributed by atoms with Crippen LogP contribution < -0.4 is 0 Å². The molecule has 4 aliphatic carbocycles. The van der Waals surface area contributed by atoms with Crippen LogP contribution in [-0.2, 0) is 25.6 Å². The Kier molecular flexibility index (Phi) is 4.60. The minimum Gasteiger partial charge on any atom is -0.507 e. The lowest BCUT2D eigenvalue weighted by Gasteiger charge is -2.48. The van der Waals surface area contributed by atoms with Crippen molar-refractivity contribution in [2.75, 3.05) is 0 Å². The molecule has 1 aromatic carbocycles. The van der Waals surface area contributed by atoms with Gasteiger partial charge in [-0.25, -0.2) is 0 Å². The molecule has 2 saturated carbocycles. The fourth-order valence-corrected chi connectivity index (χ4v) is 6.35. The van der Waals surface area contributed by atoms with Gasteiger partial charge in [-0.3, -0.25) is 24.0 Å². The fraction of sp³-hybridized carbons (Fsp3) is 0.480. The van der Waals surface area contributed by atoms with Gasteiger partial charge < -0.3 is 10.2 Å². The number of hydrogen-bond acceptors (Lipinski definition) is 7. The van der Waals surface area contributed by atoms with E-state index >= 15 is 0 Å². The second-order valence-electron chi connectivity index (χ2n) is 9.59. The van der Waals surface area contributed by atoms with Crippen molar-refractivity contribution in [3.63, 3.8) is 0 Å². The van der Waals surface area contributed by atoms with Crippen molar-refractivity contribution >= 4 is 28.9 Å². The van der Waals surface area contributed by atoms with E-state index in [1.165, 1.54) is 6.07 Å². The Morgan fingerprint density at radius 3 is 2.50 bits per heavy atom. The summed E-state index contributed by atoms with van der Waals surface area (Å²) < 4.78 is 0. The zero-order valence-corrected chi connectivity index (χ0v) is 17.7. The van der Waals surface area contributed by atoms with E-state index in [1.807, 2.05) is 6.07 Å². The first-order chi connectivity index (χ1) is 15.2. The molecule has 0 saturated heterocycles. The van der Waals surface area contributed by atoms with Gasteiger partial charge in [0.2, 0.25) is 0 Å². The van der Waals surface area contributed by atoms with Crippen molar-refractivity contribution in [1.82, 2.24) is 0 Å². The molecule has 6 atom stereocenters. The summed E-state index contributed by atoms with van der Waals surface area (Å²) >= 11 is 0. The Morgan fingerprint density at radius 2 is 1.84 bits per heavy atom. The SMILES string of the molecule is CC(=O)C1C(=O)CC2CC3Cc4c(C5C=CCC5)ccc(O)c4C(=O)C3C(=O)C2(O)C1=O. The summed E-state index contributed by atoms with van der Waals surface area (Å²) in [5.74, 6) is -8.42. The zero-order valence-electron chi connectivity index (χ0n) is 17.7. The number of allylic oxidation sites excluding steroid dienone is 2. The average Bonchev–Trinajstić information content (AvgIpc) is 3.25.